The Morgan fingerprint density at radius 2 is 2.12 bits per heavy atom. The molecule has 0 spiro atoms. The van der Waals surface area contributed by atoms with E-state index in [1.807, 2.05) is 0 Å². The van der Waals surface area contributed by atoms with E-state index in [1.54, 1.807) is 12.1 Å². The number of aromatic nitrogens is 4. The SMILES string of the molecule is CC(Cc1ccc(F)cc1)NCc1nn[nH]n1. The zero-order valence-corrected chi connectivity index (χ0v) is 9.52. The van der Waals surface area contributed by atoms with Crippen LogP contribution in [0.4, 0.5) is 4.39 Å². The quantitative estimate of drug-likeness (QED) is 0.813. The maximum absolute atomic E-state index is 12.7. The van der Waals surface area contributed by atoms with Gasteiger partial charge in [0.25, 0.3) is 0 Å². The number of H-pyrrole nitrogens is 1. The summed E-state index contributed by atoms with van der Waals surface area (Å²) in [7, 11) is 0. The van der Waals surface area contributed by atoms with E-state index in [-0.39, 0.29) is 11.9 Å². The number of halogens is 1. The second-order valence-corrected chi connectivity index (χ2v) is 3.94. The summed E-state index contributed by atoms with van der Waals surface area (Å²) in [5.74, 6) is 0.428. The van der Waals surface area contributed by atoms with Crippen LogP contribution in [0.2, 0.25) is 0 Å². The maximum Gasteiger partial charge on any atom is 0.188 e. The van der Waals surface area contributed by atoms with Crippen LogP contribution in [0.25, 0.3) is 0 Å². The molecule has 1 unspecified atom stereocenters. The van der Waals surface area contributed by atoms with E-state index in [0.717, 1.165) is 12.0 Å². The van der Waals surface area contributed by atoms with Crippen LogP contribution < -0.4 is 5.32 Å². The van der Waals surface area contributed by atoms with Gasteiger partial charge in [-0.3, -0.25) is 0 Å². The number of rotatable bonds is 5. The molecule has 0 aliphatic rings. The smallest absolute Gasteiger partial charge is 0.188 e. The van der Waals surface area contributed by atoms with Crippen molar-refractivity contribution in [3.05, 3.63) is 41.5 Å². The van der Waals surface area contributed by atoms with Crippen molar-refractivity contribution in [1.29, 1.82) is 0 Å². The molecule has 0 aliphatic heterocycles. The minimum absolute atomic E-state index is 0.207. The van der Waals surface area contributed by atoms with Crippen molar-refractivity contribution in [2.75, 3.05) is 0 Å². The van der Waals surface area contributed by atoms with Crippen LogP contribution in [0, 0.1) is 5.82 Å². The Balaban J connectivity index is 1.80. The molecule has 2 aromatic rings. The average molecular weight is 235 g/mol. The Kier molecular flexibility index (Phi) is 3.77. The van der Waals surface area contributed by atoms with E-state index in [1.165, 1.54) is 12.1 Å². The van der Waals surface area contributed by atoms with Gasteiger partial charge in [0.1, 0.15) is 5.82 Å². The van der Waals surface area contributed by atoms with Gasteiger partial charge in [0.2, 0.25) is 0 Å². The van der Waals surface area contributed by atoms with Crippen molar-refractivity contribution < 1.29 is 4.39 Å². The molecule has 1 aromatic heterocycles. The number of nitrogens with one attached hydrogen (secondary N) is 2. The first kappa shape index (κ1) is 11.7. The molecule has 1 atom stereocenters. The van der Waals surface area contributed by atoms with Crippen molar-refractivity contribution >= 4 is 0 Å². The molecular weight excluding hydrogens is 221 g/mol. The molecule has 90 valence electrons. The van der Waals surface area contributed by atoms with Gasteiger partial charge >= 0.3 is 0 Å². The van der Waals surface area contributed by atoms with Gasteiger partial charge in [0.15, 0.2) is 5.82 Å². The van der Waals surface area contributed by atoms with Crippen LogP contribution in [0.1, 0.15) is 18.3 Å². The fourth-order valence-electron chi connectivity index (χ4n) is 1.57. The van der Waals surface area contributed by atoms with Gasteiger partial charge in [-0.05, 0) is 31.0 Å². The van der Waals surface area contributed by atoms with Gasteiger partial charge in [-0.15, -0.1) is 10.2 Å². The van der Waals surface area contributed by atoms with Crippen molar-refractivity contribution in [2.24, 2.45) is 0 Å². The zero-order chi connectivity index (χ0) is 12.1. The van der Waals surface area contributed by atoms with Crippen LogP contribution in [-0.2, 0) is 13.0 Å². The maximum atomic E-state index is 12.7. The van der Waals surface area contributed by atoms with E-state index >= 15 is 0 Å². The Bertz CT molecular complexity index is 439. The molecular formula is C11H14FN5. The fraction of sp³-hybridized carbons (Fsp3) is 0.364. The Morgan fingerprint density at radius 1 is 1.35 bits per heavy atom. The molecule has 1 aromatic carbocycles. The highest BCUT2D eigenvalue weighted by Crippen LogP contribution is 2.05. The summed E-state index contributed by atoms with van der Waals surface area (Å²) in [4.78, 5) is 0. The second-order valence-electron chi connectivity index (χ2n) is 3.94. The third-order valence-corrected chi connectivity index (χ3v) is 2.45. The molecule has 2 N–H and O–H groups in total. The molecule has 17 heavy (non-hydrogen) atoms. The van der Waals surface area contributed by atoms with Crippen LogP contribution in [0.5, 0.6) is 0 Å². The molecule has 6 heteroatoms. The number of benzene rings is 1. The summed E-state index contributed by atoms with van der Waals surface area (Å²) in [6.07, 6.45) is 0.831. The van der Waals surface area contributed by atoms with Gasteiger partial charge < -0.3 is 5.32 Å². The number of hydrogen-bond donors (Lipinski definition) is 2. The molecule has 0 amide bonds. The average Bonchev–Trinajstić information content (AvgIpc) is 2.83. The van der Waals surface area contributed by atoms with Gasteiger partial charge in [0, 0.05) is 6.04 Å². The van der Waals surface area contributed by atoms with Gasteiger partial charge in [-0.25, -0.2) is 4.39 Å². The van der Waals surface area contributed by atoms with Crippen molar-refractivity contribution in [2.45, 2.75) is 25.9 Å². The Morgan fingerprint density at radius 3 is 2.76 bits per heavy atom. The number of aromatic amines is 1. The predicted molar refractivity (Wildman–Crippen MR) is 60.6 cm³/mol. The van der Waals surface area contributed by atoms with Gasteiger partial charge in [0.05, 0.1) is 6.54 Å². The summed E-state index contributed by atoms with van der Waals surface area (Å²) >= 11 is 0. The minimum Gasteiger partial charge on any atom is -0.307 e. The first-order chi connectivity index (χ1) is 8.24. The number of nitrogens with zero attached hydrogens (tertiary/aromatic N) is 3. The third-order valence-electron chi connectivity index (χ3n) is 2.45. The molecule has 1 heterocycles. The van der Waals surface area contributed by atoms with Crippen LogP contribution in [0.15, 0.2) is 24.3 Å². The van der Waals surface area contributed by atoms with Gasteiger partial charge in [-0.1, -0.05) is 17.3 Å². The molecule has 0 saturated carbocycles. The lowest BCUT2D eigenvalue weighted by molar-refractivity contribution is 0.533. The topological polar surface area (TPSA) is 66.5 Å². The van der Waals surface area contributed by atoms with E-state index in [2.05, 4.69) is 32.9 Å². The molecule has 0 fully saturated rings. The second kappa shape index (κ2) is 5.49. The summed E-state index contributed by atoms with van der Waals surface area (Å²) < 4.78 is 12.7. The lowest BCUT2D eigenvalue weighted by atomic mass is 10.1. The van der Waals surface area contributed by atoms with Crippen LogP contribution >= 0.6 is 0 Å². The normalized spacial score (nSPS) is 12.6. The van der Waals surface area contributed by atoms with E-state index in [0.29, 0.717) is 12.4 Å². The lowest BCUT2D eigenvalue weighted by Crippen LogP contribution is -2.28. The molecule has 2 rings (SSSR count). The molecule has 5 nitrogen and oxygen atoms in total. The molecule has 0 saturated heterocycles. The monoisotopic (exact) mass is 235 g/mol. The van der Waals surface area contributed by atoms with Crippen molar-refractivity contribution in [3.8, 4) is 0 Å². The molecule has 0 radical (unpaired) electrons. The molecule has 0 bridgehead atoms. The largest absolute Gasteiger partial charge is 0.307 e. The van der Waals surface area contributed by atoms with Gasteiger partial charge in [-0.2, -0.15) is 5.21 Å². The highest BCUT2D eigenvalue weighted by Gasteiger charge is 2.05. The first-order valence-electron chi connectivity index (χ1n) is 5.44. The minimum atomic E-state index is -0.207. The highest BCUT2D eigenvalue weighted by atomic mass is 19.1. The number of hydrogen-bond acceptors (Lipinski definition) is 4. The highest BCUT2D eigenvalue weighted by molar-refractivity contribution is 5.16. The summed E-state index contributed by atoms with van der Waals surface area (Å²) in [5.41, 5.74) is 1.10. The molecule has 0 aliphatic carbocycles. The van der Waals surface area contributed by atoms with Crippen LogP contribution in [0.3, 0.4) is 0 Å². The zero-order valence-electron chi connectivity index (χ0n) is 9.52. The lowest BCUT2D eigenvalue weighted by Gasteiger charge is -2.12. The van der Waals surface area contributed by atoms with Crippen LogP contribution in [-0.4, -0.2) is 26.7 Å². The predicted octanol–water partition coefficient (Wildman–Crippen LogP) is 1.06. The van der Waals surface area contributed by atoms with E-state index in [9.17, 15) is 4.39 Å². The standard InChI is InChI=1S/C11H14FN5/c1-8(13-7-11-14-16-17-15-11)6-9-2-4-10(12)5-3-9/h2-5,8,13H,6-7H2,1H3,(H,14,15,16,17). The first-order valence-corrected chi connectivity index (χ1v) is 5.44. The van der Waals surface area contributed by atoms with Crippen molar-refractivity contribution in [1.82, 2.24) is 25.9 Å². The third kappa shape index (κ3) is 3.60. The Hall–Kier alpha value is -1.82. The fourth-order valence-corrected chi connectivity index (χ4v) is 1.57. The summed E-state index contributed by atoms with van der Waals surface area (Å²) in [6.45, 7) is 2.63. The summed E-state index contributed by atoms with van der Waals surface area (Å²) in [6, 6.07) is 6.80. The van der Waals surface area contributed by atoms with E-state index in [4.69, 9.17) is 0 Å². The number of tetrazole rings is 1. The van der Waals surface area contributed by atoms with Crippen molar-refractivity contribution in [3.63, 3.8) is 0 Å². The van der Waals surface area contributed by atoms with E-state index < -0.39 is 0 Å². The summed E-state index contributed by atoms with van der Waals surface area (Å²) in [5, 5.41) is 16.8. The Labute approximate surface area is 98.4 Å².